The summed E-state index contributed by atoms with van der Waals surface area (Å²) in [5.41, 5.74) is 0. The molecule has 0 aromatic carbocycles. The third-order valence-electron chi connectivity index (χ3n) is 16.8. The van der Waals surface area contributed by atoms with Crippen LogP contribution in [0.5, 0.6) is 0 Å². The molecule has 6 heteroatoms. The molecule has 0 spiro atoms. The van der Waals surface area contributed by atoms with Crippen molar-refractivity contribution in [3.8, 4) is 0 Å². The quantitative estimate of drug-likeness (QED) is 0.0320. The topological polar surface area (TPSA) is 95.9 Å². The fourth-order valence-corrected chi connectivity index (χ4v) is 11.3. The normalized spacial score (nSPS) is 12.8. The van der Waals surface area contributed by atoms with E-state index < -0.39 is 12.1 Å². The molecule has 6 nitrogen and oxygen atoms in total. The van der Waals surface area contributed by atoms with Gasteiger partial charge in [-0.05, 0) is 89.9 Å². The molecular formula is C75H141NO5. The number of ether oxygens (including phenoxy) is 1. The van der Waals surface area contributed by atoms with Crippen LogP contribution in [0.15, 0.2) is 48.6 Å². The van der Waals surface area contributed by atoms with E-state index in [0.29, 0.717) is 19.4 Å². The molecule has 0 aliphatic carbocycles. The van der Waals surface area contributed by atoms with Crippen LogP contribution in [0.4, 0.5) is 0 Å². The summed E-state index contributed by atoms with van der Waals surface area (Å²) in [5, 5.41) is 23.3. The van der Waals surface area contributed by atoms with E-state index in [4.69, 9.17) is 4.74 Å². The molecule has 0 aromatic heterocycles. The first-order valence-corrected chi connectivity index (χ1v) is 36.4. The predicted octanol–water partition coefficient (Wildman–Crippen LogP) is 23.6. The minimum absolute atomic E-state index is 0.00165. The first kappa shape index (κ1) is 78.8. The highest BCUT2D eigenvalue weighted by Gasteiger charge is 2.18. The predicted molar refractivity (Wildman–Crippen MR) is 356 cm³/mol. The number of hydrogen-bond acceptors (Lipinski definition) is 5. The number of carbonyl (C=O) groups is 2. The lowest BCUT2D eigenvalue weighted by molar-refractivity contribution is -0.143. The second kappa shape index (κ2) is 70.3. The smallest absolute Gasteiger partial charge is 0.305 e. The molecule has 0 aromatic rings. The van der Waals surface area contributed by atoms with Gasteiger partial charge in [0.05, 0.1) is 25.4 Å². The van der Waals surface area contributed by atoms with Crippen LogP contribution < -0.4 is 5.32 Å². The molecule has 0 rings (SSSR count). The Kier molecular flexibility index (Phi) is 68.4. The molecule has 2 atom stereocenters. The number of aliphatic hydroxyl groups is 2. The first-order chi connectivity index (χ1) is 40.0. The molecule has 2 unspecified atom stereocenters. The number of esters is 1. The molecule has 0 aliphatic heterocycles. The zero-order valence-electron chi connectivity index (χ0n) is 54.5. The summed E-state index contributed by atoms with van der Waals surface area (Å²) in [5.74, 6) is -0.0706. The van der Waals surface area contributed by atoms with E-state index in [1.54, 1.807) is 6.08 Å². The van der Waals surface area contributed by atoms with Crippen molar-refractivity contribution in [3.05, 3.63) is 48.6 Å². The summed E-state index contributed by atoms with van der Waals surface area (Å²) in [4.78, 5) is 24.6. The molecule has 0 radical (unpaired) electrons. The van der Waals surface area contributed by atoms with Crippen LogP contribution in [-0.4, -0.2) is 47.4 Å². The fraction of sp³-hybridized carbons (Fsp3) is 0.867. The van der Waals surface area contributed by atoms with Crippen molar-refractivity contribution in [1.82, 2.24) is 5.32 Å². The Bertz CT molecular complexity index is 1360. The molecule has 476 valence electrons. The third kappa shape index (κ3) is 66.8. The van der Waals surface area contributed by atoms with E-state index in [2.05, 4.69) is 55.6 Å². The summed E-state index contributed by atoms with van der Waals surface area (Å²) >= 11 is 0. The lowest BCUT2D eigenvalue weighted by Crippen LogP contribution is -2.45. The fourth-order valence-electron chi connectivity index (χ4n) is 11.3. The first-order valence-electron chi connectivity index (χ1n) is 36.4. The van der Waals surface area contributed by atoms with E-state index in [9.17, 15) is 19.8 Å². The van der Waals surface area contributed by atoms with Crippen molar-refractivity contribution in [2.75, 3.05) is 13.2 Å². The van der Waals surface area contributed by atoms with Gasteiger partial charge in [-0.15, -0.1) is 0 Å². The van der Waals surface area contributed by atoms with E-state index in [1.165, 1.54) is 315 Å². The number of nitrogens with one attached hydrogen (secondary N) is 1. The minimum atomic E-state index is -0.850. The van der Waals surface area contributed by atoms with Crippen LogP contribution >= 0.6 is 0 Å². The van der Waals surface area contributed by atoms with Crippen molar-refractivity contribution < 1.29 is 24.5 Å². The number of rotatable bonds is 68. The lowest BCUT2D eigenvalue weighted by Gasteiger charge is -2.20. The van der Waals surface area contributed by atoms with Crippen LogP contribution in [0.3, 0.4) is 0 Å². The van der Waals surface area contributed by atoms with Crippen LogP contribution in [0.1, 0.15) is 393 Å². The van der Waals surface area contributed by atoms with Gasteiger partial charge < -0.3 is 20.3 Å². The van der Waals surface area contributed by atoms with Crippen LogP contribution in [0.2, 0.25) is 0 Å². The summed E-state index contributed by atoms with van der Waals surface area (Å²) in [6.45, 7) is 4.90. The molecule has 0 bridgehead atoms. The summed E-state index contributed by atoms with van der Waals surface area (Å²) in [6, 6.07) is -0.634. The van der Waals surface area contributed by atoms with E-state index >= 15 is 0 Å². The second-order valence-corrected chi connectivity index (χ2v) is 24.9. The number of aliphatic hydroxyl groups excluding tert-OH is 2. The zero-order chi connectivity index (χ0) is 58.5. The van der Waals surface area contributed by atoms with Gasteiger partial charge in [-0.2, -0.15) is 0 Å². The minimum Gasteiger partial charge on any atom is -0.466 e. The SMILES string of the molecule is CCCCC/C=C\C/C=C\CCCCCCCC(=O)OCCCCCCCCCCCCCC/C=C\CCCCCCCCCCC(=O)NC(CO)C(O)/C=C/CCCCCCCCCCCCCCCCCCCCCCCCC. The molecule has 0 fully saturated rings. The van der Waals surface area contributed by atoms with Crippen LogP contribution in [0, 0.1) is 0 Å². The maximum absolute atomic E-state index is 12.5. The maximum Gasteiger partial charge on any atom is 0.305 e. The third-order valence-corrected chi connectivity index (χ3v) is 16.8. The number of hydrogen-bond donors (Lipinski definition) is 3. The highest BCUT2D eigenvalue weighted by Crippen LogP contribution is 2.18. The molecule has 0 aliphatic rings. The Labute approximate surface area is 506 Å². The van der Waals surface area contributed by atoms with Gasteiger partial charge in [-0.25, -0.2) is 0 Å². The van der Waals surface area contributed by atoms with Crippen molar-refractivity contribution in [2.24, 2.45) is 0 Å². The number of amides is 1. The molecular weight excluding hydrogens is 995 g/mol. The van der Waals surface area contributed by atoms with Crippen LogP contribution in [0.25, 0.3) is 0 Å². The Morgan fingerprint density at radius 3 is 0.975 bits per heavy atom. The second-order valence-electron chi connectivity index (χ2n) is 24.9. The van der Waals surface area contributed by atoms with Crippen molar-refractivity contribution in [2.45, 2.75) is 405 Å². The van der Waals surface area contributed by atoms with Gasteiger partial charge >= 0.3 is 5.97 Å². The number of allylic oxidation sites excluding steroid dienone is 7. The molecule has 0 saturated carbocycles. The van der Waals surface area contributed by atoms with Crippen molar-refractivity contribution in [1.29, 1.82) is 0 Å². The van der Waals surface area contributed by atoms with Gasteiger partial charge in [-0.3, -0.25) is 9.59 Å². The van der Waals surface area contributed by atoms with E-state index in [-0.39, 0.29) is 18.5 Å². The molecule has 0 heterocycles. The lowest BCUT2D eigenvalue weighted by atomic mass is 10.0. The average molecular weight is 1140 g/mol. The highest BCUT2D eigenvalue weighted by atomic mass is 16.5. The zero-order valence-corrected chi connectivity index (χ0v) is 54.5. The Hall–Kier alpha value is -2.18. The largest absolute Gasteiger partial charge is 0.466 e. The van der Waals surface area contributed by atoms with Crippen molar-refractivity contribution >= 4 is 11.9 Å². The monoisotopic (exact) mass is 1140 g/mol. The average Bonchev–Trinajstić information content (AvgIpc) is 3.47. The molecule has 0 saturated heterocycles. The van der Waals surface area contributed by atoms with Gasteiger partial charge in [0, 0.05) is 12.8 Å². The van der Waals surface area contributed by atoms with Gasteiger partial charge in [0.1, 0.15) is 0 Å². The maximum atomic E-state index is 12.5. The Balaban J connectivity index is 3.44. The number of carbonyl (C=O) groups excluding carboxylic acids is 2. The van der Waals surface area contributed by atoms with Gasteiger partial charge in [0.25, 0.3) is 0 Å². The molecule has 3 N–H and O–H groups in total. The van der Waals surface area contributed by atoms with Gasteiger partial charge in [0.2, 0.25) is 5.91 Å². The molecule has 1 amide bonds. The summed E-state index contributed by atoms with van der Waals surface area (Å²) in [7, 11) is 0. The van der Waals surface area contributed by atoms with Gasteiger partial charge in [0.15, 0.2) is 0 Å². The van der Waals surface area contributed by atoms with E-state index in [0.717, 1.165) is 51.4 Å². The summed E-state index contributed by atoms with van der Waals surface area (Å²) in [6.07, 6.45) is 91.9. The van der Waals surface area contributed by atoms with Crippen LogP contribution in [-0.2, 0) is 14.3 Å². The molecule has 81 heavy (non-hydrogen) atoms. The highest BCUT2D eigenvalue weighted by molar-refractivity contribution is 5.76. The summed E-state index contributed by atoms with van der Waals surface area (Å²) < 4.78 is 5.48. The number of unbranched alkanes of at least 4 members (excludes halogenated alkanes) is 51. The Morgan fingerprint density at radius 2 is 0.617 bits per heavy atom. The van der Waals surface area contributed by atoms with Crippen molar-refractivity contribution in [3.63, 3.8) is 0 Å². The Morgan fingerprint density at radius 1 is 0.346 bits per heavy atom. The van der Waals surface area contributed by atoms with E-state index in [1.807, 2.05) is 6.08 Å². The van der Waals surface area contributed by atoms with Gasteiger partial charge in [-0.1, -0.05) is 339 Å². The standard InChI is InChI=1S/C75H141NO5/c1-3-5-7-9-11-13-15-17-19-20-21-22-23-24-27-30-33-36-40-43-47-51-55-59-63-67-73(78)72(71-77)76-74(79)68-64-60-56-52-48-44-41-37-34-31-28-25-26-29-32-35-38-42-46-50-54-58-62-66-70-81-75(80)69-65-61-57-53-49-45-39-18-16-14-12-10-8-6-4-2/h12,14,18,28,31,39,63,67,72-73,77-78H,3-11,13,15-17,19-27,29-30,32-38,40-62,64-66,68-71H2,1-2H3,(H,76,79)/b14-12-,31-28-,39-18-,67-63+.